The molecule has 1 rings (SSSR count). The molecule has 6 nitrogen and oxygen atoms in total. The Morgan fingerprint density at radius 3 is 1.39 bits per heavy atom. The van der Waals surface area contributed by atoms with Crippen LogP contribution >= 0.6 is 0 Å². The summed E-state index contributed by atoms with van der Waals surface area (Å²) in [5, 5.41) is 2.77. The summed E-state index contributed by atoms with van der Waals surface area (Å²) in [6, 6.07) is -0.238. The van der Waals surface area contributed by atoms with Gasteiger partial charge in [-0.3, -0.25) is 9.69 Å². The maximum atomic E-state index is 14.0. The second-order valence-corrected chi connectivity index (χ2v) is 16.0. The third kappa shape index (κ3) is 29.2. The smallest absolute Gasteiger partial charge is 0.323 e. The number of urea groups is 1. The molecule has 1 heterocycles. The zero-order chi connectivity index (χ0) is 39.2. The van der Waals surface area contributed by atoms with Crippen molar-refractivity contribution in [1.82, 2.24) is 20.0 Å². The van der Waals surface area contributed by atoms with Crippen molar-refractivity contribution in [3.05, 3.63) is 48.6 Å². The van der Waals surface area contributed by atoms with Crippen LogP contribution in [0.3, 0.4) is 0 Å². The summed E-state index contributed by atoms with van der Waals surface area (Å²) in [5.41, 5.74) is 0. The zero-order valence-corrected chi connectivity index (χ0v) is 36.2. The summed E-state index contributed by atoms with van der Waals surface area (Å²) in [7, 11) is 3.83. The van der Waals surface area contributed by atoms with Crippen LogP contribution in [0.15, 0.2) is 48.6 Å². The number of piperazine rings is 1. The molecule has 0 aliphatic carbocycles. The van der Waals surface area contributed by atoms with Crippen LogP contribution < -0.4 is 5.32 Å². The quantitative estimate of drug-likeness (QED) is 0.0517. The molecule has 0 aromatic heterocycles. The van der Waals surface area contributed by atoms with Gasteiger partial charge in [0, 0.05) is 45.7 Å². The molecule has 0 spiro atoms. The van der Waals surface area contributed by atoms with Crippen molar-refractivity contribution >= 4 is 11.9 Å². The van der Waals surface area contributed by atoms with Crippen molar-refractivity contribution in [2.24, 2.45) is 5.92 Å². The number of unbranched alkanes of at least 4 members (excludes halogenated alkanes) is 18. The monoisotopic (exact) mass is 753 g/mol. The number of nitrogens with zero attached hydrogens (tertiary/aromatic N) is 3. The second kappa shape index (κ2) is 37.7. The number of amides is 3. The molecule has 3 amide bonds. The van der Waals surface area contributed by atoms with Crippen LogP contribution in [0.25, 0.3) is 0 Å². The van der Waals surface area contributed by atoms with Crippen molar-refractivity contribution in [3.63, 3.8) is 0 Å². The number of nitrogens with one attached hydrogen (secondary N) is 1. The highest BCUT2D eigenvalue weighted by Crippen LogP contribution is 2.22. The van der Waals surface area contributed by atoms with Crippen LogP contribution in [0, 0.1) is 5.92 Å². The van der Waals surface area contributed by atoms with Gasteiger partial charge in [-0.25, -0.2) is 4.79 Å². The SMILES string of the molecule is CCCCC/C=C\C/C=C\CCCCCCCCC(CCCCCCCC/C=C\C/C=C\CCCCC)C(=O)N(CCCN1CCN(C)CC1)C(=O)NC. The largest absolute Gasteiger partial charge is 0.341 e. The van der Waals surface area contributed by atoms with Gasteiger partial charge in [0.2, 0.25) is 5.91 Å². The average molecular weight is 753 g/mol. The third-order valence-electron chi connectivity index (χ3n) is 11.0. The van der Waals surface area contributed by atoms with Crippen LogP contribution in [-0.4, -0.2) is 80.0 Å². The molecule has 0 aromatic rings. The Bertz CT molecular complexity index is 933. The molecule has 0 aromatic carbocycles. The number of carbonyl (C=O) groups is 2. The number of allylic oxidation sites excluding steroid dienone is 8. The Balaban J connectivity index is 2.44. The van der Waals surface area contributed by atoms with Crippen molar-refractivity contribution in [2.75, 3.05) is 53.4 Å². The van der Waals surface area contributed by atoms with Crippen LogP contribution in [0.4, 0.5) is 4.79 Å². The van der Waals surface area contributed by atoms with E-state index in [0.29, 0.717) is 6.54 Å². The lowest BCUT2D eigenvalue weighted by atomic mass is 9.92. The normalized spacial score (nSPS) is 14.5. The minimum atomic E-state index is -0.238. The fraction of sp³-hybridized carbons (Fsp3) is 0.792. The first-order valence-corrected chi connectivity index (χ1v) is 23.1. The number of imide groups is 1. The lowest BCUT2D eigenvalue weighted by Crippen LogP contribution is -2.48. The van der Waals surface area contributed by atoms with Crippen LogP contribution in [0.2, 0.25) is 0 Å². The lowest BCUT2D eigenvalue weighted by molar-refractivity contribution is -0.133. The van der Waals surface area contributed by atoms with Crippen molar-refractivity contribution in [1.29, 1.82) is 0 Å². The maximum Gasteiger partial charge on any atom is 0.323 e. The summed E-state index contributed by atoms with van der Waals surface area (Å²) in [6.45, 7) is 10.3. The average Bonchev–Trinajstić information content (AvgIpc) is 3.18. The molecule has 54 heavy (non-hydrogen) atoms. The molecule has 312 valence electrons. The van der Waals surface area contributed by atoms with E-state index in [1.54, 1.807) is 11.9 Å². The number of rotatable bonds is 35. The number of hydrogen-bond acceptors (Lipinski definition) is 4. The number of hydrogen-bond donors (Lipinski definition) is 1. The molecule has 0 unspecified atom stereocenters. The molecule has 1 N–H and O–H groups in total. The molecule has 0 bridgehead atoms. The molecule has 1 saturated heterocycles. The van der Waals surface area contributed by atoms with Crippen molar-refractivity contribution in [2.45, 2.75) is 187 Å². The van der Waals surface area contributed by atoms with Crippen molar-refractivity contribution < 1.29 is 9.59 Å². The Morgan fingerprint density at radius 2 is 0.963 bits per heavy atom. The van der Waals surface area contributed by atoms with E-state index < -0.39 is 0 Å². The molecule has 6 heteroatoms. The minimum absolute atomic E-state index is 0.0531. The molecule has 1 aliphatic heterocycles. The molecule has 0 saturated carbocycles. The van der Waals surface area contributed by atoms with Gasteiger partial charge in [-0.1, -0.05) is 152 Å². The molecule has 0 atom stereocenters. The minimum Gasteiger partial charge on any atom is -0.341 e. The third-order valence-corrected chi connectivity index (χ3v) is 11.0. The highest BCUT2D eigenvalue weighted by Gasteiger charge is 2.28. The van der Waals surface area contributed by atoms with Gasteiger partial charge in [-0.2, -0.15) is 0 Å². The van der Waals surface area contributed by atoms with Crippen LogP contribution in [-0.2, 0) is 4.79 Å². The molecule has 1 aliphatic rings. The molecular formula is C48H88N4O2. The van der Waals surface area contributed by atoms with Crippen molar-refractivity contribution in [3.8, 4) is 0 Å². The Kier molecular flexibility index (Phi) is 34.8. The Hall–Kier alpha value is -2.18. The van der Waals surface area contributed by atoms with E-state index in [1.807, 2.05) is 0 Å². The van der Waals surface area contributed by atoms with E-state index in [-0.39, 0.29) is 17.9 Å². The first-order chi connectivity index (χ1) is 26.5. The van der Waals surface area contributed by atoms with Gasteiger partial charge < -0.3 is 15.1 Å². The highest BCUT2D eigenvalue weighted by atomic mass is 16.2. The van der Waals surface area contributed by atoms with E-state index in [2.05, 4.69) is 84.6 Å². The fourth-order valence-electron chi connectivity index (χ4n) is 7.34. The van der Waals surface area contributed by atoms with E-state index >= 15 is 0 Å². The van der Waals surface area contributed by atoms with Gasteiger partial charge >= 0.3 is 6.03 Å². The predicted molar refractivity (Wildman–Crippen MR) is 236 cm³/mol. The summed E-state index contributed by atoms with van der Waals surface area (Å²) in [5.74, 6) is 0.000472. The van der Waals surface area contributed by atoms with E-state index in [4.69, 9.17) is 0 Å². The van der Waals surface area contributed by atoms with Gasteiger partial charge in [0.25, 0.3) is 0 Å². The van der Waals surface area contributed by atoms with Gasteiger partial charge in [-0.15, -0.1) is 0 Å². The first kappa shape index (κ1) is 49.8. The highest BCUT2D eigenvalue weighted by molar-refractivity contribution is 5.95. The van der Waals surface area contributed by atoms with E-state index in [1.165, 1.54) is 128 Å². The maximum absolute atomic E-state index is 14.0. The Labute approximate surface area is 335 Å². The fourth-order valence-corrected chi connectivity index (χ4v) is 7.34. The van der Waals surface area contributed by atoms with Gasteiger partial charge in [0.15, 0.2) is 0 Å². The topological polar surface area (TPSA) is 55.9 Å². The predicted octanol–water partition coefficient (Wildman–Crippen LogP) is 12.8. The molecule has 1 fully saturated rings. The van der Waals surface area contributed by atoms with Gasteiger partial charge in [-0.05, 0) is 97.1 Å². The lowest BCUT2D eigenvalue weighted by Gasteiger charge is -2.33. The Morgan fingerprint density at radius 1 is 0.556 bits per heavy atom. The number of carbonyl (C=O) groups excluding carboxylic acids is 2. The van der Waals surface area contributed by atoms with E-state index in [0.717, 1.165) is 77.7 Å². The van der Waals surface area contributed by atoms with Gasteiger partial charge in [0.1, 0.15) is 0 Å². The standard InChI is InChI=1S/C48H88N4O2/c1-5-7-9-11-13-15-17-19-21-23-25-27-29-31-33-35-38-46(39-36-34-32-30-28-26-24-22-20-18-16-14-12-10-8-6-2)47(53)52(48(54)49-3)41-37-40-51-44-42-50(4)43-45-51/h13-16,19-22,46H,5-12,17-18,23-45H2,1-4H3,(H,49,54)/b15-13-,16-14-,21-19-,22-20-. The number of likely N-dealkylation sites (N-methyl/N-ethyl adjacent to an activating group) is 1. The summed E-state index contributed by atoms with van der Waals surface area (Å²) >= 11 is 0. The zero-order valence-electron chi connectivity index (χ0n) is 36.2. The van der Waals surface area contributed by atoms with Gasteiger partial charge in [0.05, 0.1) is 0 Å². The van der Waals surface area contributed by atoms with E-state index in [9.17, 15) is 9.59 Å². The molecular weight excluding hydrogens is 665 g/mol. The van der Waals surface area contributed by atoms with Crippen LogP contribution in [0.1, 0.15) is 187 Å². The molecule has 0 radical (unpaired) electrons. The second-order valence-electron chi connectivity index (χ2n) is 16.0. The summed E-state index contributed by atoms with van der Waals surface area (Å²) in [6.07, 6.45) is 50.7. The van der Waals surface area contributed by atoms with Crippen LogP contribution in [0.5, 0.6) is 0 Å². The first-order valence-electron chi connectivity index (χ1n) is 23.1. The summed E-state index contributed by atoms with van der Waals surface area (Å²) < 4.78 is 0. The summed E-state index contributed by atoms with van der Waals surface area (Å²) in [4.78, 5) is 33.3.